The number of carboxylic acids is 3. The fraction of sp³-hybridized carbons (Fsp3) is 0.250. The molecule has 0 aromatic rings. The molecule has 0 aliphatic rings. The van der Waals surface area contributed by atoms with Gasteiger partial charge in [-0.05, 0) is 0 Å². The lowest BCUT2D eigenvalue weighted by atomic mass is 10.7. The first-order valence-corrected chi connectivity index (χ1v) is 4.72. The van der Waals surface area contributed by atoms with Gasteiger partial charge in [0.2, 0.25) is 0 Å². The van der Waals surface area contributed by atoms with Crippen LogP contribution in [-0.2, 0) is 14.4 Å². The number of aliphatic hydroxyl groups excluding tert-OH is 3. The average molecular weight is 312 g/mol. The minimum Gasteiger partial charge on any atom is -0.478 e. The highest BCUT2D eigenvalue weighted by atomic mass is 16.4. The summed E-state index contributed by atoms with van der Waals surface area (Å²) < 4.78 is 0. The summed E-state index contributed by atoms with van der Waals surface area (Å²) in [6.07, 6.45) is 2.50. The van der Waals surface area contributed by atoms with Crippen molar-refractivity contribution in [1.29, 1.82) is 0 Å². The van der Waals surface area contributed by atoms with Gasteiger partial charge in [-0.3, -0.25) is 0 Å². The first kappa shape index (κ1) is 36.3. The molecule has 0 saturated carbocycles. The lowest BCUT2D eigenvalue weighted by Crippen LogP contribution is -1.82. The molecular weight excluding hydrogens is 288 g/mol. The van der Waals surface area contributed by atoms with E-state index in [-0.39, 0.29) is 0 Å². The van der Waals surface area contributed by atoms with Gasteiger partial charge in [-0.25, -0.2) is 14.4 Å². The summed E-state index contributed by atoms with van der Waals surface area (Å²) in [5, 5.41) is 43.8. The van der Waals surface area contributed by atoms with Crippen molar-refractivity contribution in [1.82, 2.24) is 0 Å². The Kier molecular flexibility index (Phi) is 91.1. The van der Waals surface area contributed by atoms with E-state index in [4.69, 9.17) is 30.6 Å². The van der Waals surface area contributed by atoms with Crippen LogP contribution in [0.3, 0.4) is 0 Å². The van der Waals surface area contributed by atoms with Crippen molar-refractivity contribution < 1.29 is 45.0 Å². The summed E-state index contributed by atoms with van der Waals surface area (Å²) in [7, 11) is 3.00. The van der Waals surface area contributed by atoms with Gasteiger partial charge in [-0.2, -0.15) is 0 Å². The number of aliphatic hydroxyl groups is 3. The summed E-state index contributed by atoms with van der Waals surface area (Å²) >= 11 is 0. The zero-order chi connectivity index (χ0) is 18.9. The number of aliphatic carboxylic acids is 3. The van der Waals surface area contributed by atoms with Crippen molar-refractivity contribution in [2.75, 3.05) is 21.3 Å². The second-order valence-electron chi connectivity index (χ2n) is 1.63. The Morgan fingerprint density at radius 3 is 0.619 bits per heavy atom. The van der Waals surface area contributed by atoms with Gasteiger partial charge in [-0.15, -0.1) is 0 Å². The van der Waals surface area contributed by atoms with E-state index >= 15 is 0 Å². The van der Waals surface area contributed by atoms with Crippen LogP contribution in [0, 0.1) is 0 Å². The first-order chi connectivity index (χ1) is 9.81. The topological polar surface area (TPSA) is 173 Å². The van der Waals surface area contributed by atoms with Crippen molar-refractivity contribution >= 4 is 17.9 Å². The van der Waals surface area contributed by atoms with Crippen LogP contribution in [0.15, 0.2) is 38.0 Å². The van der Waals surface area contributed by atoms with Gasteiger partial charge in [0, 0.05) is 39.6 Å². The molecule has 0 aromatic heterocycles. The maximum absolute atomic E-state index is 9.25. The summed E-state index contributed by atoms with van der Waals surface area (Å²) in [6.45, 7) is 8.88. The second kappa shape index (κ2) is 52.8. The largest absolute Gasteiger partial charge is 0.478 e. The SMILES string of the molecule is C=CC(=O)O.C=CC(=O)O.C=CC(=O)O.CO.CO.CO. The molecule has 0 radical (unpaired) electrons. The van der Waals surface area contributed by atoms with Crippen LogP contribution in [0.25, 0.3) is 0 Å². The van der Waals surface area contributed by atoms with Crippen LogP contribution in [0.2, 0.25) is 0 Å². The molecule has 0 fully saturated rings. The summed E-state index contributed by atoms with van der Waals surface area (Å²) in [6, 6.07) is 0. The van der Waals surface area contributed by atoms with E-state index in [0.29, 0.717) is 0 Å². The lowest BCUT2D eigenvalue weighted by Gasteiger charge is -1.64. The van der Waals surface area contributed by atoms with Crippen LogP contribution in [0.1, 0.15) is 0 Å². The normalized spacial score (nSPS) is 5.43. The van der Waals surface area contributed by atoms with E-state index in [1.54, 1.807) is 0 Å². The number of carbonyl (C=O) groups is 3. The predicted octanol–water partition coefficient (Wildman–Crippen LogP) is -0.403. The van der Waals surface area contributed by atoms with Crippen LogP contribution in [-0.4, -0.2) is 69.9 Å². The highest BCUT2D eigenvalue weighted by Gasteiger charge is 1.74. The average Bonchev–Trinajstić information content (AvgIpc) is 2.54. The van der Waals surface area contributed by atoms with E-state index in [9.17, 15) is 14.4 Å². The fourth-order valence-corrected chi connectivity index (χ4v) is 0. The summed E-state index contributed by atoms with van der Waals surface area (Å²) in [4.78, 5) is 27.8. The minimum atomic E-state index is -0.981. The van der Waals surface area contributed by atoms with Gasteiger partial charge in [0.1, 0.15) is 0 Å². The third kappa shape index (κ3) is 342. The Bertz CT molecular complexity index is 217. The predicted molar refractivity (Wildman–Crippen MR) is 77.9 cm³/mol. The van der Waals surface area contributed by atoms with Crippen LogP contribution >= 0.6 is 0 Å². The lowest BCUT2D eigenvalue weighted by molar-refractivity contribution is -0.132. The number of rotatable bonds is 3. The summed E-state index contributed by atoms with van der Waals surface area (Å²) in [5.74, 6) is -2.94. The smallest absolute Gasteiger partial charge is 0.327 e. The van der Waals surface area contributed by atoms with Gasteiger partial charge >= 0.3 is 17.9 Å². The number of hydrogen-bond donors (Lipinski definition) is 6. The molecule has 126 valence electrons. The van der Waals surface area contributed by atoms with Gasteiger partial charge in [0.15, 0.2) is 0 Å². The van der Waals surface area contributed by atoms with Gasteiger partial charge in [0.25, 0.3) is 0 Å². The number of hydrogen-bond acceptors (Lipinski definition) is 6. The van der Waals surface area contributed by atoms with Crippen LogP contribution in [0.4, 0.5) is 0 Å². The molecule has 6 N–H and O–H groups in total. The maximum Gasteiger partial charge on any atom is 0.327 e. The van der Waals surface area contributed by atoms with Gasteiger partial charge < -0.3 is 30.6 Å². The molecule has 0 aliphatic carbocycles. The highest BCUT2D eigenvalue weighted by Crippen LogP contribution is 1.55. The van der Waals surface area contributed by atoms with Crippen LogP contribution < -0.4 is 0 Å². The van der Waals surface area contributed by atoms with E-state index in [1.165, 1.54) is 0 Å². The van der Waals surface area contributed by atoms with Gasteiger partial charge in [0.05, 0.1) is 0 Å². The molecule has 0 rings (SSSR count). The minimum absolute atomic E-state index is 0.833. The fourth-order valence-electron chi connectivity index (χ4n) is 0. The molecule has 21 heavy (non-hydrogen) atoms. The molecule has 0 aliphatic heterocycles. The molecule has 0 saturated heterocycles. The van der Waals surface area contributed by atoms with E-state index < -0.39 is 17.9 Å². The molecule has 0 amide bonds. The molecule has 0 unspecified atom stereocenters. The third-order valence-corrected chi connectivity index (χ3v) is 0.524. The Balaban J connectivity index is -0.0000000340. The second-order valence-corrected chi connectivity index (χ2v) is 1.63. The molecule has 0 atom stereocenters. The quantitative estimate of drug-likeness (QED) is 0.379. The molecular formula is C12H24O9. The van der Waals surface area contributed by atoms with Crippen molar-refractivity contribution in [3.05, 3.63) is 38.0 Å². The molecule has 0 bridgehead atoms. The Morgan fingerprint density at radius 1 is 0.571 bits per heavy atom. The first-order valence-electron chi connectivity index (χ1n) is 4.72. The molecule has 9 heteroatoms. The van der Waals surface area contributed by atoms with Gasteiger partial charge in [-0.1, -0.05) is 19.7 Å². The number of carboxylic acid groups (broad SMARTS) is 3. The van der Waals surface area contributed by atoms with E-state index in [1.807, 2.05) is 0 Å². The molecule has 0 heterocycles. The Hall–Kier alpha value is -2.49. The van der Waals surface area contributed by atoms with E-state index in [2.05, 4.69) is 19.7 Å². The molecule has 9 nitrogen and oxygen atoms in total. The Labute approximate surface area is 123 Å². The monoisotopic (exact) mass is 312 g/mol. The van der Waals surface area contributed by atoms with Crippen molar-refractivity contribution in [3.8, 4) is 0 Å². The highest BCUT2D eigenvalue weighted by molar-refractivity contribution is 5.79. The maximum atomic E-state index is 9.25. The third-order valence-electron chi connectivity index (χ3n) is 0.524. The van der Waals surface area contributed by atoms with Crippen molar-refractivity contribution in [2.24, 2.45) is 0 Å². The molecule has 0 aromatic carbocycles. The van der Waals surface area contributed by atoms with E-state index in [0.717, 1.165) is 39.6 Å². The van der Waals surface area contributed by atoms with Crippen molar-refractivity contribution in [3.63, 3.8) is 0 Å². The standard InChI is InChI=1S/3C3H4O2.3CH4O/c3*1-2-3(4)5;3*1-2/h3*2H,1H2,(H,4,5);3*2H,1H3. The zero-order valence-corrected chi connectivity index (χ0v) is 12.3. The van der Waals surface area contributed by atoms with Crippen molar-refractivity contribution in [2.45, 2.75) is 0 Å². The van der Waals surface area contributed by atoms with Crippen LogP contribution in [0.5, 0.6) is 0 Å². The summed E-state index contributed by atoms with van der Waals surface area (Å²) in [5.41, 5.74) is 0. The Morgan fingerprint density at radius 2 is 0.619 bits per heavy atom. The molecule has 0 spiro atoms. The zero-order valence-electron chi connectivity index (χ0n) is 12.3.